The molecule has 1 aromatic rings. The van der Waals surface area contributed by atoms with Gasteiger partial charge in [-0.25, -0.2) is 0 Å². The Hall–Kier alpha value is -0.870. The third-order valence-electron chi connectivity index (χ3n) is 3.36. The van der Waals surface area contributed by atoms with Crippen LogP contribution >= 0.6 is 11.3 Å². The number of rotatable bonds is 2. The Balaban J connectivity index is 1.96. The van der Waals surface area contributed by atoms with Gasteiger partial charge in [0.15, 0.2) is 0 Å². The largest absolute Gasteiger partial charge is 0.340 e. The molecule has 1 aliphatic rings. The molecule has 0 unspecified atom stereocenters. The van der Waals surface area contributed by atoms with E-state index < -0.39 is 0 Å². The molecule has 3 nitrogen and oxygen atoms in total. The number of nitrogens with zero attached hydrogens (tertiary/aromatic N) is 1. The number of carbonyl (C=O) groups excluding carboxylic acids is 1. The molecule has 1 amide bonds. The lowest BCUT2D eigenvalue weighted by Crippen LogP contribution is -2.48. The fourth-order valence-electron chi connectivity index (χ4n) is 2.41. The summed E-state index contributed by atoms with van der Waals surface area (Å²) in [5.74, 6) is 0.242. The lowest BCUT2D eigenvalue weighted by atomic mass is 9.99. The molecule has 0 saturated carbocycles. The van der Waals surface area contributed by atoms with Gasteiger partial charge in [0, 0.05) is 28.4 Å². The summed E-state index contributed by atoms with van der Waals surface area (Å²) in [6.45, 7) is 4.98. The normalized spacial score (nSPS) is 25.0. The minimum Gasteiger partial charge on any atom is -0.340 e. The Morgan fingerprint density at radius 2 is 2.35 bits per heavy atom. The fourth-order valence-corrected chi connectivity index (χ4v) is 3.29. The molecule has 0 bridgehead atoms. The predicted molar refractivity (Wildman–Crippen MR) is 71.1 cm³/mol. The highest BCUT2D eigenvalue weighted by atomic mass is 32.1. The SMILES string of the molecule is Cc1ccc(CC(=O)N2CC[C@H](N)C[C@@H]2C)s1. The predicted octanol–water partition coefficient (Wildman–Crippen LogP) is 1.94. The average molecular weight is 252 g/mol. The van der Waals surface area contributed by atoms with Gasteiger partial charge in [-0.05, 0) is 38.8 Å². The monoisotopic (exact) mass is 252 g/mol. The number of likely N-dealkylation sites (tertiary alicyclic amines) is 1. The van der Waals surface area contributed by atoms with Gasteiger partial charge in [0.05, 0.1) is 6.42 Å². The van der Waals surface area contributed by atoms with Gasteiger partial charge in [0.1, 0.15) is 0 Å². The molecule has 1 aromatic heterocycles. The summed E-state index contributed by atoms with van der Waals surface area (Å²) < 4.78 is 0. The first-order chi connectivity index (χ1) is 8.06. The smallest absolute Gasteiger partial charge is 0.228 e. The quantitative estimate of drug-likeness (QED) is 0.874. The minimum atomic E-state index is 0.242. The summed E-state index contributed by atoms with van der Waals surface area (Å²) in [6, 6.07) is 4.67. The number of hydrogen-bond acceptors (Lipinski definition) is 3. The number of aryl methyl sites for hydroxylation is 1. The van der Waals surface area contributed by atoms with Crippen molar-refractivity contribution < 1.29 is 4.79 Å². The summed E-state index contributed by atoms with van der Waals surface area (Å²) in [5, 5.41) is 0. The third-order valence-corrected chi connectivity index (χ3v) is 4.36. The van der Waals surface area contributed by atoms with Crippen LogP contribution in [0.2, 0.25) is 0 Å². The van der Waals surface area contributed by atoms with Gasteiger partial charge < -0.3 is 10.6 Å². The van der Waals surface area contributed by atoms with Crippen molar-refractivity contribution in [2.45, 2.75) is 45.2 Å². The second-order valence-corrected chi connectivity index (χ2v) is 6.28. The number of carbonyl (C=O) groups is 1. The fraction of sp³-hybridized carbons (Fsp3) is 0.615. The summed E-state index contributed by atoms with van der Waals surface area (Å²) in [4.78, 5) is 16.6. The second-order valence-electron chi connectivity index (χ2n) is 4.91. The Morgan fingerprint density at radius 3 is 2.94 bits per heavy atom. The summed E-state index contributed by atoms with van der Waals surface area (Å²) in [5.41, 5.74) is 5.91. The third kappa shape index (κ3) is 3.07. The first-order valence-corrected chi connectivity index (χ1v) is 6.98. The van der Waals surface area contributed by atoms with E-state index >= 15 is 0 Å². The zero-order valence-electron chi connectivity index (χ0n) is 10.5. The van der Waals surface area contributed by atoms with Crippen molar-refractivity contribution in [1.29, 1.82) is 0 Å². The van der Waals surface area contributed by atoms with Crippen molar-refractivity contribution in [2.75, 3.05) is 6.54 Å². The van der Waals surface area contributed by atoms with E-state index in [-0.39, 0.29) is 18.0 Å². The van der Waals surface area contributed by atoms with E-state index in [1.54, 1.807) is 11.3 Å². The molecular formula is C13H20N2OS. The highest BCUT2D eigenvalue weighted by Gasteiger charge is 2.26. The Morgan fingerprint density at radius 1 is 1.59 bits per heavy atom. The van der Waals surface area contributed by atoms with Crippen LogP contribution in [0, 0.1) is 6.92 Å². The highest BCUT2D eigenvalue weighted by molar-refractivity contribution is 7.12. The van der Waals surface area contributed by atoms with Crippen LogP contribution in [0.1, 0.15) is 29.5 Å². The Kier molecular flexibility index (Phi) is 3.84. The van der Waals surface area contributed by atoms with Crippen LogP contribution in [0.5, 0.6) is 0 Å². The van der Waals surface area contributed by atoms with Crippen molar-refractivity contribution in [3.8, 4) is 0 Å². The van der Waals surface area contributed by atoms with Crippen LogP contribution in [-0.2, 0) is 11.2 Å². The van der Waals surface area contributed by atoms with Gasteiger partial charge in [-0.1, -0.05) is 0 Å². The highest BCUT2D eigenvalue weighted by Crippen LogP contribution is 2.20. The standard InChI is InChI=1S/C13H20N2OS/c1-9-7-11(14)5-6-15(9)13(16)8-12-4-3-10(2)17-12/h3-4,9,11H,5-8,14H2,1-2H3/t9-,11-/m0/s1. The van der Waals surface area contributed by atoms with Gasteiger partial charge in [0.25, 0.3) is 0 Å². The maximum atomic E-state index is 12.2. The Bertz CT molecular complexity index is 402. The summed E-state index contributed by atoms with van der Waals surface area (Å²) in [7, 11) is 0. The molecule has 94 valence electrons. The van der Waals surface area contributed by atoms with Crippen LogP contribution in [0.25, 0.3) is 0 Å². The maximum Gasteiger partial charge on any atom is 0.228 e. The molecule has 1 fully saturated rings. The van der Waals surface area contributed by atoms with E-state index in [0.717, 1.165) is 24.3 Å². The molecule has 4 heteroatoms. The van der Waals surface area contributed by atoms with Crippen molar-refractivity contribution >= 4 is 17.2 Å². The molecule has 0 aliphatic carbocycles. The average Bonchev–Trinajstić information content (AvgIpc) is 2.63. The van der Waals surface area contributed by atoms with Crippen LogP contribution in [0.15, 0.2) is 12.1 Å². The van der Waals surface area contributed by atoms with E-state index in [2.05, 4.69) is 26.0 Å². The molecule has 2 heterocycles. The number of amides is 1. The lowest BCUT2D eigenvalue weighted by molar-refractivity contribution is -0.133. The van der Waals surface area contributed by atoms with Gasteiger partial charge in [-0.3, -0.25) is 4.79 Å². The van der Waals surface area contributed by atoms with Crippen LogP contribution in [0.3, 0.4) is 0 Å². The van der Waals surface area contributed by atoms with Crippen LogP contribution in [0.4, 0.5) is 0 Å². The molecule has 2 atom stereocenters. The number of thiophene rings is 1. The van der Waals surface area contributed by atoms with Crippen molar-refractivity contribution in [1.82, 2.24) is 4.90 Å². The zero-order valence-corrected chi connectivity index (χ0v) is 11.3. The van der Waals surface area contributed by atoms with Crippen LogP contribution < -0.4 is 5.73 Å². The van der Waals surface area contributed by atoms with Crippen LogP contribution in [-0.4, -0.2) is 29.4 Å². The molecule has 0 spiro atoms. The van der Waals surface area contributed by atoms with Gasteiger partial charge in [0.2, 0.25) is 5.91 Å². The molecule has 1 aliphatic heterocycles. The van der Waals surface area contributed by atoms with E-state index in [9.17, 15) is 4.79 Å². The lowest BCUT2D eigenvalue weighted by Gasteiger charge is -2.36. The molecule has 2 rings (SSSR count). The molecule has 0 aromatic carbocycles. The first kappa shape index (κ1) is 12.6. The van der Waals surface area contributed by atoms with Gasteiger partial charge >= 0.3 is 0 Å². The number of nitrogens with two attached hydrogens (primary N) is 1. The summed E-state index contributed by atoms with van der Waals surface area (Å²) in [6.07, 6.45) is 2.40. The van der Waals surface area contributed by atoms with E-state index in [1.165, 1.54) is 4.88 Å². The first-order valence-electron chi connectivity index (χ1n) is 6.16. The summed E-state index contributed by atoms with van der Waals surface area (Å²) >= 11 is 1.71. The molecule has 0 radical (unpaired) electrons. The minimum absolute atomic E-state index is 0.242. The second kappa shape index (κ2) is 5.19. The van der Waals surface area contributed by atoms with E-state index in [1.807, 2.05) is 4.90 Å². The molecule has 1 saturated heterocycles. The van der Waals surface area contributed by atoms with E-state index in [4.69, 9.17) is 5.73 Å². The van der Waals surface area contributed by atoms with Crippen molar-refractivity contribution in [2.24, 2.45) is 5.73 Å². The molecule has 2 N–H and O–H groups in total. The van der Waals surface area contributed by atoms with Gasteiger partial charge in [-0.2, -0.15) is 0 Å². The number of piperidine rings is 1. The Labute approximate surface area is 107 Å². The molecular weight excluding hydrogens is 232 g/mol. The topological polar surface area (TPSA) is 46.3 Å². The number of hydrogen-bond donors (Lipinski definition) is 1. The van der Waals surface area contributed by atoms with Crippen molar-refractivity contribution in [3.63, 3.8) is 0 Å². The molecule has 17 heavy (non-hydrogen) atoms. The van der Waals surface area contributed by atoms with E-state index in [0.29, 0.717) is 6.42 Å². The van der Waals surface area contributed by atoms with Gasteiger partial charge in [-0.15, -0.1) is 11.3 Å². The maximum absolute atomic E-state index is 12.2. The van der Waals surface area contributed by atoms with Crippen molar-refractivity contribution in [3.05, 3.63) is 21.9 Å². The zero-order chi connectivity index (χ0) is 12.4.